The van der Waals surface area contributed by atoms with E-state index < -0.39 is 0 Å². The van der Waals surface area contributed by atoms with Gasteiger partial charge in [0.25, 0.3) is 0 Å². The van der Waals surface area contributed by atoms with E-state index in [4.69, 9.17) is 4.74 Å². The second kappa shape index (κ2) is 9.91. The van der Waals surface area contributed by atoms with Crippen LogP contribution in [0.3, 0.4) is 0 Å². The Balaban J connectivity index is 1.49. The van der Waals surface area contributed by atoms with Gasteiger partial charge in [-0.15, -0.1) is 0 Å². The Morgan fingerprint density at radius 1 is 0.781 bits per heavy atom. The topological polar surface area (TPSA) is 9.23 Å². The van der Waals surface area contributed by atoms with Crippen LogP contribution in [0.2, 0.25) is 0 Å². The molecular weight excluding hydrogens is 388 g/mol. The van der Waals surface area contributed by atoms with E-state index in [9.17, 15) is 0 Å². The standard InChI is InChI=1S/C31H56O/c1-21(2)10-8-11-23(5)26-16-17-27-25-15-14-24-12-9-13-29(32-20-22(3)4)31(24,7)28(25)18-19-30(26,27)6/h21-29H,8-20H2,1-7H3/t23-,24?,25+,26-,27+,28+,29?,30-,31+/m1/s1. The van der Waals surface area contributed by atoms with Crippen LogP contribution in [0.15, 0.2) is 0 Å². The van der Waals surface area contributed by atoms with E-state index >= 15 is 0 Å². The second-order valence-electron chi connectivity index (χ2n) is 14.2. The normalized spacial score (nSPS) is 44.9. The molecular formula is C31H56O. The van der Waals surface area contributed by atoms with Gasteiger partial charge in [-0.3, -0.25) is 0 Å². The first-order chi connectivity index (χ1) is 15.2. The van der Waals surface area contributed by atoms with Crippen molar-refractivity contribution in [2.45, 2.75) is 132 Å². The highest BCUT2D eigenvalue weighted by Crippen LogP contribution is 2.68. The third-order valence-corrected chi connectivity index (χ3v) is 11.5. The molecule has 0 amide bonds. The Bertz CT molecular complexity index is 610. The zero-order chi connectivity index (χ0) is 23.1. The van der Waals surface area contributed by atoms with Crippen molar-refractivity contribution in [1.29, 1.82) is 0 Å². The molecule has 4 fully saturated rings. The number of hydrogen-bond acceptors (Lipinski definition) is 1. The third-order valence-electron chi connectivity index (χ3n) is 11.5. The summed E-state index contributed by atoms with van der Waals surface area (Å²) >= 11 is 0. The van der Waals surface area contributed by atoms with Crippen molar-refractivity contribution < 1.29 is 4.74 Å². The summed E-state index contributed by atoms with van der Waals surface area (Å²) in [5, 5.41) is 0. The van der Waals surface area contributed by atoms with Gasteiger partial charge in [0.2, 0.25) is 0 Å². The van der Waals surface area contributed by atoms with Crippen molar-refractivity contribution in [2.75, 3.05) is 6.61 Å². The minimum atomic E-state index is 0.443. The first-order valence-electron chi connectivity index (χ1n) is 14.8. The Labute approximate surface area is 201 Å². The Morgan fingerprint density at radius 3 is 2.28 bits per heavy atom. The average Bonchev–Trinajstić information content (AvgIpc) is 3.09. The van der Waals surface area contributed by atoms with Crippen LogP contribution in [0.1, 0.15) is 126 Å². The highest BCUT2D eigenvalue weighted by atomic mass is 16.5. The molecule has 4 saturated carbocycles. The molecule has 4 aliphatic rings. The van der Waals surface area contributed by atoms with Crippen LogP contribution < -0.4 is 0 Å². The number of rotatable bonds is 8. The van der Waals surface area contributed by atoms with E-state index in [1.165, 1.54) is 77.0 Å². The average molecular weight is 445 g/mol. The van der Waals surface area contributed by atoms with Crippen LogP contribution in [0.25, 0.3) is 0 Å². The molecule has 2 unspecified atom stereocenters. The summed E-state index contributed by atoms with van der Waals surface area (Å²) in [5.41, 5.74) is 1.06. The Morgan fingerprint density at radius 2 is 1.56 bits per heavy atom. The zero-order valence-corrected chi connectivity index (χ0v) is 22.8. The lowest BCUT2D eigenvalue weighted by molar-refractivity contribution is -0.183. The van der Waals surface area contributed by atoms with Crippen molar-refractivity contribution in [3.8, 4) is 0 Å². The molecule has 1 nitrogen and oxygen atoms in total. The lowest BCUT2D eigenvalue weighted by Gasteiger charge is -2.62. The Hall–Kier alpha value is -0.0400. The van der Waals surface area contributed by atoms with Crippen LogP contribution in [-0.4, -0.2) is 12.7 Å². The molecule has 0 saturated heterocycles. The summed E-state index contributed by atoms with van der Waals surface area (Å²) in [6.45, 7) is 18.4. The summed E-state index contributed by atoms with van der Waals surface area (Å²) in [7, 11) is 0. The largest absolute Gasteiger partial charge is 0.377 e. The molecule has 186 valence electrons. The van der Waals surface area contributed by atoms with Gasteiger partial charge in [0.05, 0.1) is 6.10 Å². The fourth-order valence-electron chi connectivity index (χ4n) is 9.88. The maximum atomic E-state index is 6.73. The fraction of sp³-hybridized carbons (Fsp3) is 1.00. The van der Waals surface area contributed by atoms with E-state index in [1.807, 2.05) is 0 Å². The fourth-order valence-corrected chi connectivity index (χ4v) is 9.88. The lowest BCUT2D eigenvalue weighted by atomic mass is 9.44. The number of ether oxygens (including phenoxy) is 1. The van der Waals surface area contributed by atoms with Crippen LogP contribution in [0, 0.1) is 58.2 Å². The quantitative estimate of drug-likeness (QED) is 0.362. The number of hydrogen-bond donors (Lipinski definition) is 0. The van der Waals surface area contributed by atoms with Gasteiger partial charge < -0.3 is 4.74 Å². The molecule has 32 heavy (non-hydrogen) atoms. The highest BCUT2D eigenvalue weighted by molar-refractivity contribution is 5.11. The smallest absolute Gasteiger partial charge is 0.0634 e. The number of fused-ring (bicyclic) bond motifs is 5. The molecule has 0 aromatic carbocycles. The van der Waals surface area contributed by atoms with Crippen LogP contribution in [0.5, 0.6) is 0 Å². The summed E-state index contributed by atoms with van der Waals surface area (Å²) in [6.07, 6.45) is 18.1. The predicted octanol–water partition coefficient (Wildman–Crippen LogP) is 9.15. The predicted molar refractivity (Wildman–Crippen MR) is 138 cm³/mol. The molecule has 1 heteroatoms. The Kier molecular flexibility index (Phi) is 7.76. The molecule has 4 rings (SSSR count). The van der Waals surface area contributed by atoms with Crippen molar-refractivity contribution in [3.63, 3.8) is 0 Å². The third kappa shape index (κ3) is 4.47. The van der Waals surface area contributed by atoms with E-state index in [0.29, 0.717) is 22.9 Å². The monoisotopic (exact) mass is 444 g/mol. The van der Waals surface area contributed by atoms with Gasteiger partial charge in [-0.1, -0.05) is 74.1 Å². The summed E-state index contributed by atoms with van der Waals surface area (Å²) < 4.78 is 6.73. The van der Waals surface area contributed by atoms with Crippen molar-refractivity contribution in [1.82, 2.24) is 0 Å². The van der Waals surface area contributed by atoms with Gasteiger partial charge in [-0.2, -0.15) is 0 Å². The van der Waals surface area contributed by atoms with Gasteiger partial charge in [0.1, 0.15) is 0 Å². The van der Waals surface area contributed by atoms with E-state index in [2.05, 4.69) is 48.5 Å². The van der Waals surface area contributed by atoms with Gasteiger partial charge in [0, 0.05) is 6.61 Å². The van der Waals surface area contributed by atoms with Crippen LogP contribution >= 0.6 is 0 Å². The van der Waals surface area contributed by atoms with Gasteiger partial charge in [0.15, 0.2) is 0 Å². The molecule has 0 N–H and O–H groups in total. The van der Waals surface area contributed by atoms with Gasteiger partial charge in [-0.25, -0.2) is 0 Å². The van der Waals surface area contributed by atoms with E-state index in [0.717, 1.165) is 48.0 Å². The summed E-state index contributed by atoms with van der Waals surface area (Å²) in [6, 6.07) is 0. The summed E-state index contributed by atoms with van der Waals surface area (Å²) in [5.74, 6) is 7.23. The lowest BCUT2D eigenvalue weighted by Crippen LogP contribution is -2.58. The second-order valence-corrected chi connectivity index (χ2v) is 14.2. The molecule has 0 aromatic rings. The molecule has 0 heterocycles. The first-order valence-corrected chi connectivity index (χ1v) is 14.8. The van der Waals surface area contributed by atoms with Gasteiger partial charge in [-0.05, 0) is 110 Å². The SMILES string of the molecule is CC(C)CCC[C@@H](C)[C@H]1CC[C@H]2[C@@H]3CCC4CCCC(OCC(C)C)[C@]4(C)[C@H]3CC[C@]12C. The van der Waals surface area contributed by atoms with E-state index in [1.54, 1.807) is 0 Å². The summed E-state index contributed by atoms with van der Waals surface area (Å²) in [4.78, 5) is 0. The minimum absolute atomic E-state index is 0.443. The molecule has 4 aliphatic carbocycles. The molecule has 9 atom stereocenters. The van der Waals surface area contributed by atoms with Crippen molar-refractivity contribution in [2.24, 2.45) is 58.2 Å². The first kappa shape index (κ1) is 25.1. The maximum Gasteiger partial charge on any atom is 0.0634 e. The maximum absolute atomic E-state index is 6.73. The molecule has 0 aliphatic heterocycles. The van der Waals surface area contributed by atoms with Crippen LogP contribution in [0.4, 0.5) is 0 Å². The molecule has 0 bridgehead atoms. The van der Waals surface area contributed by atoms with E-state index in [-0.39, 0.29) is 0 Å². The van der Waals surface area contributed by atoms with Gasteiger partial charge >= 0.3 is 0 Å². The van der Waals surface area contributed by atoms with Crippen LogP contribution in [-0.2, 0) is 4.74 Å². The van der Waals surface area contributed by atoms with Crippen molar-refractivity contribution >= 4 is 0 Å². The van der Waals surface area contributed by atoms with Crippen molar-refractivity contribution in [3.05, 3.63) is 0 Å². The molecule has 0 spiro atoms. The zero-order valence-electron chi connectivity index (χ0n) is 22.8. The molecule has 0 radical (unpaired) electrons. The molecule has 0 aromatic heterocycles. The highest BCUT2D eigenvalue weighted by Gasteiger charge is 2.62. The minimum Gasteiger partial charge on any atom is -0.377 e.